The third-order valence-corrected chi connectivity index (χ3v) is 4.20. The van der Waals surface area contributed by atoms with Gasteiger partial charge in [-0.2, -0.15) is 0 Å². The van der Waals surface area contributed by atoms with E-state index in [4.69, 9.17) is 5.11 Å². The lowest BCUT2D eigenvalue weighted by atomic mass is 10.0. The number of nitrogens with one attached hydrogen (secondary N) is 1. The molecule has 1 aliphatic heterocycles. The standard InChI is InChI=1S/C12H24N2O3/c1-14-4-2-9(3-5-14)13-10-6-8(7-15)11(16)12(10)17/h8-13,15-17H,2-7H2,1H3. The first-order valence-electron chi connectivity index (χ1n) is 6.53. The Labute approximate surface area is 102 Å². The highest BCUT2D eigenvalue weighted by molar-refractivity contribution is 4.96. The van der Waals surface area contributed by atoms with Gasteiger partial charge in [0.2, 0.25) is 0 Å². The molecule has 0 aromatic carbocycles. The minimum absolute atomic E-state index is 0.0518. The topological polar surface area (TPSA) is 76.0 Å². The van der Waals surface area contributed by atoms with Crippen molar-refractivity contribution in [3.8, 4) is 0 Å². The van der Waals surface area contributed by atoms with Crippen molar-refractivity contribution in [3.63, 3.8) is 0 Å². The maximum absolute atomic E-state index is 9.91. The summed E-state index contributed by atoms with van der Waals surface area (Å²) in [6, 6.07) is 0.353. The summed E-state index contributed by atoms with van der Waals surface area (Å²) in [5, 5.41) is 32.2. The van der Waals surface area contributed by atoms with Gasteiger partial charge in [0.05, 0.1) is 12.2 Å². The monoisotopic (exact) mass is 244 g/mol. The number of rotatable bonds is 3. The molecule has 0 amide bonds. The molecule has 2 fully saturated rings. The Morgan fingerprint density at radius 2 is 1.82 bits per heavy atom. The van der Waals surface area contributed by atoms with Crippen LogP contribution in [0.1, 0.15) is 19.3 Å². The van der Waals surface area contributed by atoms with E-state index in [9.17, 15) is 10.2 Å². The Balaban J connectivity index is 1.83. The summed E-state index contributed by atoms with van der Waals surface area (Å²) in [6.45, 7) is 2.10. The normalized spacial score (nSPS) is 40.9. The van der Waals surface area contributed by atoms with Gasteiger partial charge < -0.3 is 25.5 Å². The molecule has 100 valence electrons. The first-order chi connectivity index (χ1) is 8.11. The summed E-state index contributed by atoms with van der Waals surface area (Å²) < 4.78 is 0. The maximum Gasteiger partial charge on any atom is 0.0955 e. The highest BCUT2D eigenvalue weighted by atomic mass is 16.3. The molecule has 4 unspecified atom stereocenters. The van der Waals surface area contributed by atoms with Crippen molar-refractivity contribution < 1.29 is 15.3 Å². The minimum Gasteiger partial charge on any atom is -0.396 e. The molecule has 2 rings (SSSR count). The second-order valence-corrected chi connectivity index (χ2v) is 5.51. The number of aliphatic hydroxyl groups excluding tert-OH is 3. The zero-order chi connectivity index (χ0) is 12.4. The first-order valence-corrected chi connectivity index (χ1v) is 6.53. The van der Waals surface area contributed by atoms with Gasteiger partial charge in [-0.3, -0.25) is 0 Å². The number of likely N-dealkylation sites (tertiary alicyclic amines) is 1. The van der Waals surface area contributed by atoms with E-state index in [-0.39, 0.29) is 18.6 Å². The van der Waals surface area contributed by atoms with Gasteiger partial charge in [-0.25, -0.2) is 0 Å². The van der Waals surface area contributed by atoms with Gasteiger partial charge in [0.1, 0.15) is 0 Å². The van der Waals surface area contributed by atoms with E-state index >= 15 is 0 Å². The lowest BCUT2D eigenvalue weighted by molar-refractivity contribution is -0.00194. The van der Waals surface area contributed by atoms with Crippen molar-refractivity contribution in [2.24, 2.45) is 5.92 Å². The van der Waals surface area contributed by atoms with Crippen LogP contribution in [0.3, 0.4) is 0 Å². The molecule has 0 aromatic heterocycles. The molecular weight excluding hydrogens is 220 g/mol. The van der Waals surface area contributed by atoms with Crippen molar-refractivity contribution in [1.29, 1.82) is 0 Å². The molecule has 5 nitrogen and oxygen atoms in total. The first kappa shape index (κ1) is 13.2. The second kappa shape index (κ2) is 5.63. The van der Waals surface area contributed by atoms with E-state index in [1.165, 1.54) is 0 Å². The largest absolute Gasteiger partial charge is 0.396 e. The SMILES string of the molecule is CN1CCC(NC2CC(CO)C(O)C2O)CC1. The molecular formula is C12H24N2O3. The van der Waals surface area contributed by atoms with Crippen LogP contribution in [0.25, 0.3) is 0 Å². The summed E-state index contributed by atoms with van der Waals surface area (Å²) in [7, 11) is 2.12. The van der Waals surface area contributed by atoms with Gasteiger partial charge in [-0.05, 0) is 39.4 Å². The van der Waals surface area contributed by atoms with E-state index in [0.717, 1.165) is 25.9 Å². The second-order valence-electron chi connectivity index (χ2n) is 5.51. The van der Waals surface area contributed by atoms with E-state index in [2.05, 4.69) is 17.3 Å². The van der Waals surface area contributed by atoms with Gasteiger partial charge >= 0.3 is 0 Å². The Bertz CT molecular complexity index is 244. The molecule has 1 saturated carbocycles. The van der Waals surface area contributed by atoms with Crippen molar-refractivity contribution in [1.82, 2.24) is 10.2 Å². The minimum atomic E-state index is -0.788. The van der Waals surface area contributed by atoms with Crippen molar-refractivity contribution in [2.75, 3.05) is 26.7 Å². The molecule has 1 heterocycles. The number of hydrogen-bond donors (Lipinski definition) is 4. The summed E-state index contributed by atoms with van der Waals surface area (Å²) in [4.78, 5) is 2.30. The fourth-order valence-electron chi connectivity index (χ4n) is 2.95. The van der Waals surface area contributed by atoms with Crippen LogP contribution < -0.4 is 5.32 Å². The van der Waals surface area contributed by atoms with E-state index < -0.39 is 12.2 Å². The van der Waals surface area contributed by atoms with Crippen LogP contribution in [0.5, 0.6) is 0 Å². The smallest absolute Gasteiger partial charge is 0.0955 e. The highest BCUT2D eigenvalue weighted by Gasteiger charge is 2.41. The van der Waals surface area contributed by atoms with Crippen molar-refractivity contribution >= 4 is 0 Å². The zero-order valence-corrected chi connectivity index (χ0v) is 10.4. The predicted octanol–water partition coefficient (Wildman–Crippen LogP) is -1.23. The van der Waals surface area contributed by atoms with E-state index in [1.807, 2.05) is 0 Å². The molecule has 1 saturated heterocycles. The molecule has 0 bridgehead atoms. The average molecular weight is 244 g/mol. The van der Waals surface area contributed by atoms with Gasteiger partial charge in [0.25, 0.3) is 0 Å². The number of piperidine rings is 1. The zero-order valence-electron chi connectivity index (χ0n) is 10.4. The van der Waals surface area contributed by atoms with Crippen LogP contribution in [0, 0.1) is 5.92 Å². The average Bonchev–Trinajstić information content (AvgIpc) is 2.60. The van der Waals surface area contributed by atoms with Crippen LogP contribution in [-0.4, -0.2) is 71.3 Å². The van der Waals surface area contributed by atoms with Crippen LogP contribution >= 0.6 is 0 Å². The Kier molecular flexibility index (Phi) is 4.38. The molecule has 0 radical (unpaired) electrons. The maximum atomic E-state index is 9.91. The van der Waals surface area contributed by atoms with Crippen LogP contribution in [0.2, 0.25) is 0 Å². The predicted molar refractivity (Wildman–Crippen MR) is 64.6 cm³/mol. The van der Waals surface area contributed by atoms with Crippen LogP contribution in [0.4, 0.5) is 0 Å². The molecule has 0 spiro atoms. The number of hydrogen-bond acceptors (Lipinski definition) is 5. The molecule has 0 aromatic rings. The van der Waals surface area contributed by atoms with Gasteiger partial charge in [0, 0.05) is 24.6 Å². The molecule has 1 aliphatic carbocycles. The summed E-state index contributed by atoms with van der Waals surface area (Å²) in [5.41, 5.74) is 0. The summed E-state index contributed by atoms with van der Waals surface area (Å²) >= 11 is 0. The van der Waals surface area contributed by atoms with E-state index in [1.54, 1.807) is 0 Å². The molecule has 2 aliphatic rings. The lowest BCUT2D eigenvalue weighted by Crippen LogP contribution is -2.49. The highest BCUT2D eigenvalue weighted by Crippen LogP contribution is 2.27. The van der Waals surface area contributed by atoms with Gasteiger partial charge in [0.15, 0.2) is 0 Å². The lowest BCUT2D eigenvalue weighted by Gasteiger charge is -2.32. The van der Waals surface area contributed by atoms with Crippen molar-refractivity contribution in [3.05, 3.63) is 0 Å². The molecule has 5 heteroatoms. The molecule has 4 N–H and O–H groups in total. The number of nitrogens with zero attached hydrogens (tertiary/aromatic N) is 1. The third kappa shape index (κ3) is 2.98. The third-order valence-electron chi connectivity index (χ3n) is 4.20. The van der Waals surface area contributed by atoms with E-state index in [0.29, 0.717) is 12.5 Å². The number of aliphatic hydroxyl groups is 3. The quantitative estimate of drug-likeness (QED) is 0.500. The Morgan fingerprint density at radius 3 is 2.35 bits per heavy atom. The van der Waals surface area contributed by atoms with Crippen LogP contribution in [0.15, 0.2) is 0 Å². The van der Waals surface area contributed by atoms with Gasteiger partial charge in [-0.1, -0.05) is 0 Å². The van der Waals surface area contributed by atoms with Crippen molar-refractivity contribution in [2.45, 2.75) is 43.6 Å². The Morgan fingerprint density at radius 1 is 1.18 bits per heavy atom. The van der Waals surface area contributed by atoms with Crippen LogP contribution in [-0.2, 0) is 0 Å². The molecule has 4 atom stereocenters. The van der Waals surface area contributed by atoms with Gasteiger partial charge in [-0.15, -0.1) is 0 Å². The fourth-order valence-corrected chi connectivity index (χ4v) is 2.95. The Hall–Kier alpha value is -0.200. The molecule has 17 heavy (non-hydrogen) atoms. The fraction of sp³-hybridized carbons (Fsp3) is 1.00. The summed E-state index contributed by atoms with van der Waals surface area (Å²) in [6.07, 6.45) is 1.29. The summed E-state index contributed by atoms with van der Waals surface area (Å²) in [5.74, 6) is -0.186.